The molecule has 31 heavy (non-hydrogen) atoms. The van der Waals surface area contributed by atoms with Crippen LogP contribution in [0.5, 0.6) is 0 Å². The van der Waals surface area contributed by atoms with Gasteiger partial charge in [-0.3, -0.25) is 14.7 Å². The van der Waals surface area contributed by atoms with E-state index in [1.54, 1.807) is 0 Å². The Morgan fingerprint density at radius 3 is 2.45 bits per heavy atom. The summed E-state index contributed by atoms with van der Waals surface area (Å²) in [6.07, 6.45) is 10.6. The standard InChI is InChI=1S/C24H41N5O2/c1-2-25-23(26-21-19-8-17-31-22(19)24(21)9-4-5-10-24)29-15-13-27(14-16-29)18-20(30)28-11-6-3-7-12-28/h19,21-22H,2-18H2,1H3,(H,25,26). The first-order valence-electron chi connectivity index (χ1n) is 12.9. The van der Waals surface area contributed by atoms with Crippen LogP contribution in [0, 0.1) is 11.3 Å². The zero-order chi connectivity index (χ0) is 21.3. The third kappa shape index (κ3) is 4.08. The number of guanidine groups is 1. The van der Waals surface area contributed by atoms with E-state index >= 15 is 0 Å². The molecule has 7 heteroatoms. The average Bonchev–Trinajstić information content (AvgIpc) is 3.47. The Labute approximate surface area is 187 Å². The topological polar surface area (TPSA) is 60.4 Å². The molecule has 1 spiro atoms. The molecule has 2 aliphatic carbocycles. The Kier molecular flexibility index (Phi) is 6.42. The Hall–Kier alpha value is -1.34. The van der Waals surface area contributed by atoms with E-state index in [1.165, 1.54) is 38.5 Å². The van der Waals surface area contributed by atoms with Crippen molar-refractivity contribution in [2.24, 2.45) is 16.3 Å². The van der Waals surface area contributed by atoms with Gasteiger partial charge in [0.25, 0.3) is 0 Å². The van der Waals surface area contributed by atoms with E-state index < -0.39 is 0 Å². The SMILES string of the molecule is CCN=C(NC1C2CCOC2C12CCCC2)N1CCN(CC(=O)N2CCCCC2)CC1. The molecule has 0 bridgehead atoms. The first-order chi connectivity index (χ1) is 15.2. The Bertz CT molecular complexity index is 663. The van der Waals surface area contributed by atoms with E-state index in [0.717, 1.165) is 71.2 Å². The predicted molar refractivity (Wildman–Crippen MR) is 122 cm³/mol. The van der Waals surface area contributed by atoms with Crippen molar-refractivity contribution in [1.82, 2.24) is 20.0 Å². The van der Waals surface area contributed by atoms with Crippen LogP contribution in [0.3, 0.4) is 0 Å². The number of carbonyl (C=O) groups is 1. The quantitative estimate of drug-likeness (QED) is 0.544. The summed E-state index contributed by atoms with van der Waals surface area (Å²) in [5.74, 6) is 2.06. The lowest BCUT2D eigenvalue weighted by Gasteiger charge is -2.57. The van der Waals surface area contributed by atoms with Crippen LogP contribution in [0.2, 0.25) is 0 Å². The molecule has 3 heterocycles. The van der Waals surface area contributed by atoms with Crippen molar-refractivity contribution in [1.29, 1.82) is 0 Å². The van der Waals surface area contributed by atoms with Gasteiger partial charge >= 0.3 is 0 Å². The monoisotopic (exact) mass is 431 g/mol. The molecule has 5 aliphatic rings. The number of nitrogens with zero attached hydrogens (tertiary/aromatic N) is 4. The summed E-state index contributed by atoms with van der Waals surface area (Å²) < 4.78 is 6.17. The van der Waals surface area contributed by atoms with Crippen molar-refractivity contribution < 1.29 is 9.53 Å². The summed E-state index contributed by atoms with van der Waals surface area (Å²) in [5, 5.41) is 3.94. The van der Waals surface area contributed by atoms with Crippen LogP contribution in [0.4, 0.5) is 0 Å². The fraction of sp³-hybridized carbons (Fsp3) is 0.917. The van der Waals surface area contributed by atoms with Crippen LogP contribution in [-0.2, 0) is 9.53 Å². The van der Waals surface area contributed by atoms with Gasteiger partial charge < -0.3 is 19.9 Å². The number of aliphatic imine (C=N–C) groups is 1. The zero-order valence-corrected chi connectivity index (χ0v) is 19.4. The molecule has 3 aliphatic heterocycles. The van der Waals surface area contributed by atoms with Crippen LogP contribution in [0.25, 0.3) is 0 Å². The van der Waals surface area contributed by atoms with Gasteiger partial charge in [0, 0.05) is 69.8 Å². The molecule has 3 saturated heterocycles. The predicted octanol–water partition coefficient (Wildman–Crippen LogP) is 1.93. The third-order valence-corrected chi connectivity index (χ3v) is 8.62. The lowest BCUT2D eigenvalue weighted by Crippen LogP contribution is -2.70. The van der Waals surface area contributed by atoms with Crippen molar-refractivity contribution in [3.63, 3.8) is 0 Å². The summed E-state index contributed by atoms with van der Waals surface area (Å²) in [5.41, 5.74) is 0.346. The molecule has 5 rings (SSSR count). The number of rotatable bonds is 4. The molecule has 0 aromatic carbocycles. The van der Waals surface area contributed by atoms with Gasteiger partial charge in [-0.2, -0.15) is 0 Å². The van der Waals surface area contributed by atoms with Crippen molar-refractivity contribution in [2.75, 3.05) is 59.0 Å². The normalized spacial score (nSPS) is 33.5. The highest BCUT2D eigenvalue weighted by atomic mass is 16.5. The minimum atomic E-state index is 0.318. The molecule has 3 unspecified atom stereocenters. The number of carbonyl (C=O) groups excluding carboxylic acids is 1. The molecule has 174 valence electrons. The number of fused-ring (bicyclic) bond motifs is 2. The van der Waals surface area contributed by atoms with E-state index in [4.69, 9.17) is 9.73 Å². The maximum atomic E-state index is 12.6. The second-order valence-corrected chi connectivity index (χ2v) is 10.3. The number of hydrogen-bond donors (Lipinski definition) is 1. The molecule has 0 aromatic heterocycles. The van der Waals surface area contributed by atoms with Crippen molar-refractivity contribution >= 4 is 11.9 Å². The highest BCUT2D eigenvalue weighted by Crippen LogP contribution is 2.60. The molecular formula is C24H41N5O2. The zero-order valence-electron chi connectivity index (χ0n) is 19.4. The van der Waals surface area contributed by atoms with Gasteiger partial charge in [0.1, 0.15) is 0 Å². The van der Waals surface area contributed by atoms with Gasteiger partial charge in [-0.25, -0.2) is 0 Å². The fourth-order valence-electron chi connectivity index (χ4n) is 6.98. The fourth-order valence-corrected chi connectivity index (χ4v) is 6.98. The van der Waals surface area contributed by atoms with Crippen LogP contribution in [0.1, 0.15) is 58.3 Å². The number of nitrogens with one attached hydrogen (secondary N) is 1. The Balaban J connectivity index is 1.16. The first kappa shape index (κ1) is 21.5. The van der Waals surface area contributed by atoms with Gasteiger partial charge in [-0.05, 0) is 45.4 Å². The average molecular weight is 432 g/mol. The van der Waals surface area contributed by atoms with E-state index in [0.29, 0.717) is 35.9 Å². The van der Waals surface area contributed by atoms with Crippen LogP contribution in [-0.4, -0.2) is 97.7 Å². The highest BCUT2D eigenvalue weighted by molar-refractivity contribution is 5.81. The molecule has 2 saturated carbocycles. The van der Waals surface area contributed by atoms with E-state index in [2.05, 4.69) is 26.9 Å². The molecule has 1 amide bonds. The van der Waals surface area contributed by atoms with Gasteiger partial charge in [-0.15, -0.1) is 0 Å². The molecule has 5 fully saturated rings. The van der Waals surface area contributed by atoms with E-state index in [1.807, 2.05) is 0 Å². The highest BCUT2D eigenvalue weighted by Gasteiger charge is 2.65. The summed E-state index contributed by atoms with van der Waals surface area (Å²) in [7, 11) is 0. The lowest BCUT2D eigenvalue weighted by molar-refractivity contribution is -0.133. The van der Waals surface area contributed by atoms with Gasteiger partial charge in [0.15, 0.2) is 5.96 Å². The molecule has 1 N–H and O–H groups in total. The summed E-state index contributed by atoms with van der Waals surface area (Å²) in [6, 6.07) is 0.520. The maximum Gasteiger partial charge on any atom is 0.236 e. The Morgan fingerprint density at radius 2 is 1.74 bits per heavy atom. The minimum Gasteiger partial charge on any atom is -0.377 e. The van der Waals surface area contributed by atoms with Crippen molar-refractivity contribution in [3.8, 4) is 0 Å². The number of hydrogen-bond acceptors (Lipinski definition) is 4. The smallest absolute Gasteiger partial charge is 0.236 e. The van der Waals surface area contributed by atoms with Gasteiger partial charge in [0.05, 0.1) is 12.6 Å². The van der Waals surface area contributed by atoms with Gasteiger partial charge in [-0.1, -0.05) is 12.8 Å². The maximum absolute atomic E-state index is 12.6. The first-order valence-corrected chi connectivity index (χ1v) is 12.9. The molecule has 0 aromatic rings. The number of amides is 1. The summed E-state index contributed by atoms with van der Waals surface area (Å²) in [4.78, 5) is 24.4. The Morgan fingerprint density at radius 1 is 1.00 bits per heavy atom. The molecule has 7 nitrogen and oxygen atoms in total. The summed E-state index contributed by atoms with van der Waals surface area (Å²) >= 11 is 0. The number of piperazine rings is 1. The van der Waals surface area contributed by atoms with Crippen LogP contribution in [0.15, 0.2) is 4.99 Å². The molecule has 0 radical (unpaired) electrons. The van der Waals surface area contributed by atoms with Crippen LogP contribution < -0.4 is 5.32 Å². The molecular weight excluding hydrogens is 390 g/mol. The van der Waals surface area contributed by atoms with Gasteiger partial charge in [0.2, 0.25) is 5.91 Å². The number of piperidine rings is 1. The molecule has 3 atom stereocenters. The summed E-state index contributed by atoms with van der Waals surface area (Å²) in [6.45, 7) is 10.1. The number of ether oxygens (including phenoxy) is 1. The minimum absolute atomic E-state index is 0.318. The second-order valence-electron chi connectivity index (χ2n) is 10.3. The van der Waals surface area contributed by atoms with E-state index in [9.17, 15) is 4.79 Å². The van der Waals surface area contributed by atoms with Crippen LogP contribution >= 0.6 is 0 Å². The van der Waals surface area contributed by atoms with Crippen molar-refractivity contribution in [3.05, 3.63) is 0 Å². The largest absolute Gasteiger partial charge is 0.377 e. The lowest BCUT2D eigenvalue weighted by atomic mass is 9.54. The third-order valence-electron chi connectivity index (χ3n) is 8.62. The van der Waals surface area contributed by atoms with Crippen molar-refractivity contribution in [2.45, 2.75) is 70.4 Å². The second kappa shape index (κ2) is 9.26. The number of likely N-dealkylation sites (tertiary alicyclic amines) is 1. The van der Waals surface area contributed by atoms with E-state index in [-0.39, 0.29) is 0 Å².